The van der Waals surface area contributed by atoms with E-state index in [1.807, 2.05) is 24.3 Å². The molecule has 1 aliphatic rings. The van der Waals surface area contributed by atoms with E-state index in [2.05, 4.69) is 31.3 Å². The Kier molecular flexibility index (Phi) is 3.43. The highest BCUT2D eigenvalue weighted by Crippen LogP contribution is 2.40. The van der Waals surface area contributed by atoms with Crippen LogP contribution in [0.25, 0.3) is 11.4 Å². The molecule has 3 N–H and O–H groups in total. The molecule has 0 unspecified atom stereocenters. The fourth-order valence-corrected chi connectivity index (χ4v) is 2.32. The Morgan fingerprint density at radius 3 is 2.68 bits per heavy atom. The van der Waals surface area contributed by atoms with Crippen molar-refractivity contribution in [3.8, 4) is 11.4 Å². The van der Waals surface area contributed by atoms with Crippen LogP contribution >= 0.6 is 27.5 Å². The lowest BCUT2D eigenvalue weighted by Gasteiger charge is -2.08. The largest absolute Gasteiger partial charge is 0.308 e. The highest BCUT2D eigenvalue weighted by Gasteiger charge is 2.26. The number of hydrazine groups is 1. The zero-order valence-corrected chi connectivity index (χ0v) is 12.4. The third-order valence-electron chi connectivity index (χ3n) is 3.07. The standard InChI is InChI=1S/C13H12BrClN4/c14-9-4-3-8(5-10(9)15)13-17-11(7-1-2-7)6-12(18-13)19-16/h3-7H,1-2,16H2,(H,17,18,19). The van der Waals surface area contributed by atoms with Gasteiger partial charge in [-0.2, -0.15) is 0 Å². The molecule has 6 heteroatoms. The summed E-state index contributed by atoms with van der Waals surface area (Å²) in [5.74, 6) is 7.28. The monoisotopic (exact) mass is 338 g/mol. The number of rotatable bonds is 3. The van der Waals surface area contributed by atoms with Gasteiger partial charge >= 0.3 is 0 Å². The number of anilines is 1. The molecular weight excluding hydrogens is 328 g/mol. The Bertz CT molecular complexity index is 628. The van der Waals surface area contributed by atoms with Gasteiger partial charge in [0.05, 0.1) is 5.02 Å². The van der Waals surface area contributed by atoms with Crippen molar-refractivity contribution in [3.63, 3.8) is 0 Å². The number of benzene rings is 1. The zero-order valence-electron chi connectivity index (χ0n) is 10.0. The summed E-state index contributed by atoms with van der Waals surface area (Å²) in [6.07, 6.45) is 2.36. The quantitative estimate of drug-likeness (QED) is 0.661. The molecule has 0 spiro atoms. The van der Waals surface area contributed by atoms with Gasteiger partial charge in [-0.15, -0.1) is 0 Å². The van der Waals surface area contributed by atoms with E-state index in [-0.39, 0.29) is 0 Å². The molecule has 0 atom stereocenters. The summed E-state index contributed by atoms with van der Waals surface area (Å²) in [5.41, 5.74) is 4.51. The smallest absolute Gasteiger partial charge is 0.161 e. The molecule has 1 saturated carbocycles. The summed E-state index contributed by atoms with van der Waals surface area (Å²) in [5, 5.41) is 0.639. The van der Waals surface area contributed by atoms with E-state index >= 15 is 0 Å². The number of aromatic nitrogens is 2. The fourth-order valence-electron chi connectivity index (χ4n) is 1.89. The van der Waals surface area contributed by atoms with Gasteiger partial charge in [-0.1, -0.05) is 11.6 Å². The Labute approximate surface area is 124 Å². The highest BCUT2D eigenvalue weighted by atomic mass is 79.9. The number of nitrogens with two attached hydrogens (primary N) is 1. The van der Waals surface area contributed by atoms with Crippen LogP contribution in [0.15, 0.2) is 28.7 Å². The van der Waals surface area contributed by atoms with Crippen LogP contribution in [0.5, 0.6) is 0 Å². The first-order valence-corrected chi connectivity index (χ1v) is 7.15. The molecule has 0 bridgehead atoms. The summed E-state index contributed by atoms with van der Waals surface area (Å²) >= 11 is 9.48. The van der Waals surface area contributed by atoms with Gasteiger partial charge in [-0.05, 0) is 47.0 Å². The van der Waals surface area contributed by atoms with Crippen LogP contribution in [0.1, 0.15) is 24.5 Å². The Morgan fingerprint density at radius 2 is 2.05 bits per heavy atom. The molecule has 0 amide bonds. The Morgan fingerprint density at radius 1 is 1.26 bits per heavy atom. The van der Waals surface area contributed by atoms with Crippen molar-refractivity contribution in [3.05, 3.63) is 39.5 Å². The molecule has 3 rings (SSSR count). The average molecular weight is 340 g/mol. The molecular formula is C13H12BrClN4. The molecule has 19 heavy (non-hydrogen) atoms. The minimum absolute atomic E-state index is 0.541. The van der Waals surface area contributed by atoms with Gasteiger partial charge in [0, 0.05) is 27.7 Å². The second kappa shape index (κ2) is 5.07. The van der Waals surface area contributed by atoms with Crippen molar-refractivity contribution in [2.45, 2.75) is 18.8 Å². The predicted molar refractivity (Wildman–Crippen MR) is 80.0 cm³/mol. The summed E-state index contributed by atoms with van der Waals surface area (Å²) < 4.78 is 0.855. The zero-order chi connectivity index (χ0) is 13.4. The molecule has 1 aromatic carbocycles. The van der Waals surface area contributed by atoms with Gasteiger partial charge in [-0.3, -0.25) is 0 Å². The van der Waals surface area contributed by atoms with Gasteiger partial charge in [0.15, 0.2) is 5.82 Å². The fraction of sp³-hybridized carbons (Fsp3) is 0.231. The third kappa shape index (κ3) is 2.73. The number of nitrogens with one attached hydrogen (secondary N) is 1. The Balaban J connectivity index is 2.07. The first kappa shape index (κ1) is 12.8. The van der Waals surface area contributed by atoms with Gasteiger partial charge in [0.1, 0.15) is 5.82 Å². The maximum atomic E-state index is 6.11. The van der Waals surface area contributed by atoms with Crippen LogP contribution in [0, 0.1) is 0 Å². The topological polar surface area (TPSA) is 63.8 Å². The first-order valence-electron chi connectivity index (χ1n) is 5.98. The van der Waals surface area contributed by atoms with Gasteiger partial charge < -0.3 is 5.43 Å². The van der Waals surface area contributed by atoms with E-state index in [0.717, 1.165) is 15.7 Å². The van der Waals surface area contributed by atoms with Crippen LogP contribution < -0.4 is 11.3 Å². The maximum absolute atomic E-state index is 6.11. The molecule has 0 saturated heterocycles. The van der Waals surface area contributed by atoms with E-state index in [1.54, 1.807) is 0 Å². The number of hydrogen-bond acceptors (Lipinski definition) is 4. The average Bonchev–Trinajstić information content (AvgIpc) is 3.26. The molecule has 1 aromatic heterocycles. The van der Waals surface area contributed by atoms with E-state index < -0.39 is 0 Å². The second-order valence-corrected chi connectivity index (χ2v) is 5.81. The normalized spacial score (nSPS) is 14.5. The van der Waals surface area contributed by atoms with Crippen LogP contribution in [0.2, 0.25) is 5.02 Å². The molecule has 98 valence electrons. The summed E-state index contributed by atoms with van der Waals surface area (Å²) in [6.45, 7) is 0. The second-order valence-electron chi connectivity index (χ2n) is 4.55. The lowest BCUT2D eigenvalue weighted by atomic mass is 10.2. The van der Waals surface area contributed by atoms with Crippen molar-refractivity contribution in [1.29, 1.82) is 0 Å². The van der Waals surface area contributed by atoms with Crippen molar-refractivity contribution >= 4 is 33.3 Å². The summed E-state index contributed by atoms with van der Waals surface area (Å²) in [6, 6.07) is 7.57. The van der Waals surface area contributed by atoms with Crippen molar-refractivity contribution in [1.82, 2.24) is 9.97 Å². The van der Waals surface area contributed by atoms with E-state index in [0.29, 0.717) is 22.6 Å². The minimum atomic E-state index is 0.541. The number of hydrogen-bond donors (Lipinski definition) is 2. The van der Waals surface area contributed by atoms with Gasteiger partial charge in [0.2, 0.25) is 0 Å². The Hall–Kier alpha value is -1.17. The van der Waals surface area contributed by atoms with Gasteiger partial charge in [-0.25, -0.2) is 15.8 Å². The van der Waals surface area contributed by atoms with Crippen LogP contribution in [-0.4, -0.2) is 9.97 Å². The maximum Gasteiger partial charge on any atom is 0.161 e. The molecule has 1 fully saturated rings. The number of halogens is 2. The lowest BCUT2D eigenvalue weighted by molar-refractivity contribution is 0.991. The van der Waals surface area contributed by atoms with Gasteiger partial charge in [0.25, 0.3) is 0 Å². The van der Waals surface area contributed by atoms with Crippen LogP contribution in [-0.2, 0) is 0 Å². The SMILES string of the molecule is NNc1cc(C2CC2)nc(-c2ccc(Br)c(Cl)c2)n1. The summed E-state index contributed by atoms with van der Waals surface area (Å²) in [4.78, 5) is 8.99. The molecule has 4 nitrogen and oxygen atoms in total. The number of nitrogen functional groups attached to an aromatic ring is 1. The van der Waals surface area contributed by atoms with E-state index in [4.69, 9.17) is 17.4 Å². The molecule has 1 heterocycles. The van der Waals surface area contributed by atoms with Crippen molar-refractivity contribution in [2.24, 2.45) is 5.84 Å². The summed E-state index contributed by atoms with van der Waals surface area (Å²) in [7, 11) is 0. The molecule has 2 aromatic rings. The molecule has 1 aliphatic carbocycles. The highest BCUT2D eigenvalue weighted by molar-refractivity contribution is 9.10. The third-order valence-corrected chi connectivity index (χ3v) is 4.30. The number of nitrogens with zero attached hydrogens (tertiary/aromatic N) is 2. The van der Waals surface area contributed by atoms with Crippen molar-refractivity contribution in [2.75, 3.05) is 5.43 Å². The predicted octanol–water partition coefficient (Wildman–Crippen LogP) is 3.72. The molecule has 0 aliphatic heterocycles. The van der Waals surface area contributed by atoms with E-state index in [1.165, 1.54) is 12.8 Å². The molecule has 0 radical (unpaired) electrons. The van der Waals surface area contributed by atoms with Crippen LogP contribution in [0.3, 0.4) is 0 Å². The van der Waals surface area contributed by atoms with Crippen molar-refractivity contribution < 1.29 is 0 Å². The van der Waals surface area contributed by atoms with Crippen LogP contribution in [0.4, 0.5) is 5.82 Å². The lowest BCUT2D eigenvalue weighted by Crippen LogP contribution is -2.10. The minimum Gasteiger partial charge on any atom is -0.308 e. The van der Waals surface area contributed by atoms with E-state index in [9.17, 15) is 0 Å². The first-order chi connectivity index (χ1) is 9.17.